The third-order valence-corrected chi connectivity index (χ3v) is 4.32. The molecule has 0 bridgehead atoms. The lowest BCUT2D eigenvalue weighted by Gasteiger charge is -2.20. The lowest BCUT2D eigenvalue weighted by atomic mass is 10.1. The van der Waals surface area contributed by atoms with E-state index in [1.807, 2.05) is 6.07 Å². The summed E-state index contributed by atoms with van der Waals surface area (Å²) in [7, 11) is 1.74. The Balaban J connectivity index is 1.70. The van der Waals surface area contributed by atoms with Crippen molar-refractivity contribution in [3.05, 3.63) is 72.2 Å². The summed E-state index contributed by atoms with van der Waals surface area (Å²) in [5, 5.41) is 3.80. The van der Waals surface area contributed by atoms with Gasteiger partial charge in [0, 0.05) is 31.5 Å². The highest BCUT2D eigenvalue weighted by molar-refractivity contribution is 5.67. The largest absolute Gasteiger partial charge is 0.435 e. The highest BCUT2D eigenvalue weighted by Crippen LogP contribution is 2.30. The van der Waals surface area contributed by atoms with Crippen molar-refractivity contribution >= 4 is 11.5 Å². The maximum absolute atomic E-state index is 14.4. The zero-order valence-electron chi connectivity index (χ0n) is 15.1. The van der Waals surface area contributed by atoms with Crippen molar-refractivity contribution in [3.63, 3.8) is 0 Å². The molecule has 0 N–H and O–H groups in total. The van der Waals surface area contributed by atoms with Crippen LogP contribution in [-0.2, 0) is 12.7 Å². The van der Waals surface area contributed by atoms with Crippen LogP contribution in [0.4, 0.5) is 23.2 Å². The highest BCUT2D eigenvalue weighted by Gasteiger charge is 2.33. The minimum Gasteiger partial charge on any atom is -0.368 e. The summed E-state index contributed by atoms with van der Waals surface area (Å²) < 4.78 is 54.1. The molecular formula is C19H14F4N6. The number of benzene rings is 1. The first-order chi connectivity index (χ1) is 13.8. The summed E-state index contributed by atoms with van der Waals surface area (Å²) in [5.74, 6) is -0.621. The quantitative estimate of drug-likeness (QED) is 0.484. The molecule has 29 heavy (non-hydrogen) atoms. The van der Waals surface area contributed by atoms with Crippen LogP contribution in [0.1, 0.15) is 11.3 Å². The van der Waals surface area contributed by atoms with Crippen LogP contribution in [0.2, 0.25) is 0 Å². The number of hydrogen-bond donors (Lipinski definition) is 0. The normalized spacial score (nSPS) is 11.8. The fraction of sp³-hybridized carbons (Fsp3) is 0.158. The van der Waals surface area contributed by atoms with E-state index in [2.05, 4.69) is 20.1 Å². The van der Waals surface area contributed by atoms with Gasteiger partial charge in [0.1, 0.15) is 5.82 Å². The lowest BCUT2D eigenvalue weighted by Crippen LogP contribution is -2.18. The zero-order valence-corrected chi connectivity index (χ0v) is 15.1. The van der Waals surface area contributed by atoms with Crippen molar-refractivity contribution in [1.29, 1.82) is 0 Å². The van der Waals surface area contributed by atoms with Crippen LogP contribution in [0.5, 0.6) is 0 Å². The maximum atomic E-state index is 14.4. The monoisotopic (exact) mass is 402 g/mol. The number of hydrogen-bond acceptors (Lipinski definition) is 5. The number of pyridine rings is 1. The number of aromatic nitrogens is 5. The molecular weight excluding hydrogens is 388 g/mol. The van der Waals surface area contributed by atoms with Gasteiger partial charge in [-0.1, -0.05) is 6.07 Å². The summed E-state index contributed by atoms with van der Waals surface area (Å²) in [6, 6.07) is 8.07. The molecule has 6 nitrogen and oxygen atoms in total. The molecule has 3 heterocycles. The first-order valence-corrected chi connectivity index (χ1v) is 8.51. The van der Waals surface area contributed by atoms with Crippen molar-refractivity contribution in [1.82, 2.24) is 24.6 Å². The van der Waals surface area contributed by atoms with Gasteiger partial charge in [-0.25, -0.2) is 14.4 Å². The third kappa shape index (κ3) is 3.73. The van der Waals surface area contributed by atoms with E-state index in [0.29, 0.717) is 29.7 Å². The number of imidazole rings is 1. The number of anilines is 1. The van der Waals surface area contributed by atoms with Gasteiger partial charge in [-0.05, 0) is 29.8 Å². The van der Waals surface area contributed by atoms with Gasteiger partial charge in [-0.15, -0.1) is 0 Å². The van der Waals surface area contributed by atoms with Crippen LogP contribution in [0, 0.1) is 5.82 Å². The average Bonchev–Trinajstić information content (AvgIpc) is 3.12. The van der Waals surface area contributed by atoms with E-state index in [9.17, 15) is 17.6 Å². The van der Waals surface area contributed by atoms with Gasteiger partial charge in [-0.2, -0.15) is 22.8 Å². The molecule has 0 spiro atoms. The summed E-state index contributed by atoms with van der Waals surface area (Å²) in [5.41, 5.74) is 1.04. The van der Waals surface area contributed by atoms with E-state index >= 15 is 0 Å². The minimum atomic E-state index is -4.61. The molecule has 0 fully saturated rings. The molecule has 0 unspecified atom stereocenters. The number of alkyl halides is 3. The van der Waals surface area contributed by atoms with Gasteiger partial charge < -0.3 is 4.90 Å². The SMILES string of the molecule is CN(Cc1cccnc1)c1cc(-c2cnc3nc(C(F)(F)F)cnn23)ccc1F. The van der Waals surface area contributed by atoms with Gasteiger partial charge >= 0.3 is 6.18 Å². The molecule has 0 aliphatic carbocycles. The molecule has 4 aromatic rings. The molecule has 0 radical (unpaired) electrons. The van der Waals surface area contributed by atoms with Crippen molar-refractivity contribution in [2.75, 3.05) is 11.9 Å². The molecule has 1 aromatic carbocycles. The van der Waals surface area contributed by atoms with Crippen molar-refractivity contribution in [3.8, 4) is 11.3 Å². The van der Waals surface area contributed by atoms with Crippen LogP contribution in [0.3, 0.4) is 0 Å². The van der Waals surface area contributed by atoms with Crippen LogP contribution >= 0.6 is 0 Å². The summed E-state index contributed by atoms with van der Waals surface area (Å²) in [4.78, 5) is 13.2. The molecule has 0 saturated carbocycles. The second-order valence-electron chi connectivity index (χ2n) is 6.38. The molecule has 0 amide bonds. The topological polar surface area (TPSA) is 59.2 Å². The third-order valence-electron chi connectivity index (χ3n) is 4.32. The second-order valence-corrected chi connectivity index (χ2v) is 6.38. The van der Waals surface area contributed by atoms with E-state index in [1.165, 1.54) is 22.8 Å². The van der Waals surface area contributed by atoms with Crippen LogP contribution in [0.25, 0.3) is 17.0 Å². The van der Waals surface area contributed by atoms with Crippen LogP contribution in [-0.4, -0.2) is 31.6 Å². The van der Waals surface area contributed by atoms with Gasteiger partial charge in [-0.3, -0.25) is 4.98 Å². The second kappa shape index (κ2) is 7.12. The van der Waals surface area contributed by atoms with Gasteiger partial charge in [0.25, 0.3) is 5.78 Å². The minimum absolute atomic E-state index is 0.190. The first-order valence-electron chi connectivity index (χ1n) is 8.51. The molecule has 0 atom stereocenters. The summed E-state index contributed by atoms with van der Waals surface area (Å²) in [6.45, 7) is 0.427. The predicted octanol–water partition coefficient (Wildman–Crippen LogP) is 3.98. The van der Waals surface area contributed by atoms with E-state index in [4.69, 9.17) is 0 Å². The Morgan fingerprint density at radius 2 is 1.93 bits per heavy atom. The maximum Gasteiger partial charge on any atom is 0.435 e. The molecule has 4 rings (SSSR count). The van der Waals surface area contributed by atoms with E-state index in [1.54, 1.807) is 36.5 Å². The average molecular weight is 402 g/mol. The highest BCUT2D eigenvalue weighted by atomic mass is 19.4. The Kier molecular flexibility index (Phi) is 4.61. The van der Waals surface area contributed by atoms with Crippen LogP contribution < -0.4 is 4.90 Å². The fourth-order valence-electron chi connectivity index (χ4n) is 2.92. The van der Waals surface area contributed by atoms with Crippen molar-refractivity contribution in [2.45, 2.75) is 12.7 Å². The Bertz CT molecular complexity index is 1160. The van der Waals surface area contributed by atoms with Crippen LogP contribution in [0.15, 0.2) is 55.1 Å². The van der Waals surface area contributed by atoms with Crippen molar-refractivity contribution in [2.24, 2.45) is 0 Å². The molecule has 0 aliphatic heterocycles. The standard InChI is InChI=1S/C19H14F4N6/c1-28(11-12-3-2-6-24-8-12)15-7-13(4-5-14(15)20)16-9-25-18-27-17(19(21,22)23)10-26-29(16)18/h2-10H,11H2,1H3. The molecule has 10 heteroatoms. The fourth-order valence-corrected chi connectivity index (χ4v) is 2.92. The Morgan fingerprint density at radius 1 is 1.10 bits per heavy atom. The Labute approximate surface area is 162 Å². The van der Waals surface area contributed by atoms with Gasteiger partial charge in [0.2, 0.25) is 0 Å². The molecule has 0 aliphatic rings. The van der Waals surface area contributed by atoms with E-state index in [0.717, 1.165) is 5.56 Å². The molecule has 148 valence electrons. The summed E-state index contributed by atoms with van der Waals surface area (Å²) in [6.07, 6.45) is 0.723. The molecule has 3 aromatic heterocycles. The number of rotatable bonds is 4. The molecule has 0 saturated heterocycles. The van der Waals surface area contributed by atoms with Gasteiger partial charge in [0.05, 0.1) is 23.8 Å². The Morgan fingerprint density at radius 3 is 2.66 bits per heavy atom. The van der Waals surface area contributed by atoms with E-state index in [-0.39, 0.29) is 5.78 Å². The van der Waals surface area contributed by atoms with Gasteiger partial charge in [0.15, 0.2) is 5.69 Å². The smallest absolute Gasteiger partial charge is 0.368 e. The Hall–Kier alpha value is -3.56. The van der Waals surface area contributed by atoms with Crippen molar-refractivity contribution < 1.29 is 17.6 Å². The first kappa shape index (κ1) is 18.8. The van der Waals surface area contributed by atoms with E-state index < -0.39 is 17.7 Å². The summed E-state index contributed by atoms with van der Waals surface area (Å²) >= 11 is 0. The predicted molar refractivity (Wildman–Crippen MR) is 97.5 cm³/mol. The number of fused-ring (bicyclic) bond motifs is 1. The number of nitrogens with zero attached hydrogens (tertiary/aromatic N) is 6. The lowest BCUT2D eigenvalue weighted by molar-refractivity contribution is -0.141. The number of halogens is 4. The zero-order chi connectivity index (χ0) is 20.6.